The third kappa shape index (κ3) is 3.32. The molecule has 0 saturated heterocycles. The van der Waals surface area contributed by atoms with E-state index in [1.54, 1.807) is 11.1 Å². The molecule has 1 nitrogen and oxygen atoms in total. The Kier molecular flexibility index (Phi) is 4.61. The SMILES string of the molecule is CCNC(CC)CCc1ccc2c(c1)CCC2. The molecule has 0 aliphatic heterocycles. The monoisotopic (exact) mass is 231 g/mol. The van der Waals surface area contributed by atoms with Gasteiger partial charge in [0.1, 0.15) is 0 Å². The molecule has 0 aromatic heterocycles. The predicted molar refractivity (Wildman–Crippen MR) is 74.5 cm³/mol. The number of hydrogen-bond donors (Lipinski definition) is 1. The molecule has 1 atom stereocenters. The molecule has 94 valence electrons. The van der Waals surface area contributed by atoms with E-state index in [4.69, 9.17) is 0 Å². The summed E-state index contributed by atoms with van der Waals surface area (Å²) in [6.07, 6.45) is 7.67. The third-order valence-electron chi connectivity index (χ3n) is 3.93. The molecule has 1 N–H and O–H groups in total. The van der Waals surface area contributed by atoms with Crippen LogP contribution in [-0.4, -0.2) is 12.6 Å². The molecule has 0 amide bonds. The van der Waals surface area contributed by atoms with Crippen molar-refractivity contribution in [1.82, 2.24) is 5.32 Å². The lowest BCUT2D eigenvalue weighted by Crippen LogP contribution is -2.28. The van der Waals surface area contributed by atoms with E-state index in [1.165, 1.54) is 44.1 Å². The molecule has 1 aliphatic carbocycles. The Morgan fingerprint density at radius 2 is 2.00 bits per heavy atom. The first kappa shape index (κ1) is 12.6. The van der Waals surface area contributed by atoms with E-state index in [1.807, 2.05) is 0 Å². The van der Waals surface area contributed by atoms with E-state index in [0.29, 0.717) is 6.04 Å². The minimum absolute atomic E-state index is 0.688. The van der Waals surface area contributed by atoms with Crippen molar-refractivity contribution in [3.63, 3.8) is 0 Å². The number of hydrogen-bond acceptors (Lipinski definition) is 1. The van der Waals surface area contributed by atoms with Crippen molar-refractivity contribution >= 4 is 0 Å². The van der Waals surface area contributed by atoms with Crippen LogP contribution in [0.1, 0.15) is 49.8 Å². The zero-order valence-electron chi connectivity index (χ0n) is 11.3. The van der Waals surface area contributed by atoms with E-state index < -0.39 is 0 Å². The molecule has 1 aromatic carbocycles. The summed E-state index contributed by atoms with van der Waals surface area (Å²) < 4.78 is 0. The van der Waals surface area contributed by atoms with Gasteiger partial charge < -0.3 is 5.32 Å². The Morgan fingerprint density at radius 1 is 1.18 bits per heavy atom. The van der Waals surface area contributed by atoms with Crippen molar-refractivity contribution in [2.75, 3.05) is 6.54 Å². The van der Waals surface area contributed by atoms with Crippen LogP contribution < -0.4 is 5.32 Å². The topological polar surface area (TPSA) is 12.0 Å². The average Bonchev–Trinajstić information content (AvgIpc) is 2.81. The lowest BCUT2D eigenvalue weighted by Gasteiger charge is -2.15. The molecule has 17 heavy (non-hydrogen) atoms. The maximum absolute atomic E-state index is 3.55. The highest BCUT2D eigenvalue weighted by Crippen LogP contribution is 2.23. The Morgan fingerprint density at radius 3 is 2.76 bits per heavy atom. The zero-order valence-corrected chi connectivity index (χ0v) is 11.3. The molecule has 1 heteroatoms. The number of rotatable bonds is 6. The normalized spacial score (nSPS) is 15.9. The molecule has 0 radical (unpaired) electrons. The fourth-order valence-corrected chi connectivity index (χ4v) is 2.86. The van der Waals surface area contributed by atoms with Gasteiger partial charge in [-0.3, -0.25) is 0 Å². The minimum atomic E-state index is 0.688. The van der Waals surface area contributed by atoms with E-state index in [-0.39, 0.29) is 0 Å². The summed E-state index contributed by atoms with van der Waals surface area (Å²) in [6, 6.07) is 7.82. The van der Waals surface area contributed by atoms with Gasteiger partial charge >= 0.3 is 0 Å². The Balaban J connectivity index is 1.90. The maximum atomic E-state index is 3.55. The van der Waals surface area contributed by atoms with Gasteiger partial charge in [0, 0.05) is 6.04 Å². The fourth-order valence-electron chi connectivity index (χ4n) is 2.86. The lowest BCUT2D eigenvalue weighted by molar-refractivity contribution is 0.481. The van der Waals surface area contributed by atoms with Crippen molar-refractivity contribution in [2.24, 2.45) is 0 Å². The van der Waals surface area contributed by atoms with Crippen LogP contribution in [0.25, 0.3) is 0 Å². The third-order valence-corrected chi connectivity index (χ3v) is 3.93. The highest BCUT2D eigenvalue weighted by molar-refractivity contribution is 5.35. The summed E-state index contributed by atoms with van der Waals surface area (Å²) in [7, 11) is 0. The van der Waals surface area contributed by atoms with Gasteiger partial charge in [-0.1, -0.05) is 32.0 Å². The summed E-state index contributed by atoms with van der Waals surface area (Å²) in [5.41, 5.74) is 4.73. The second-order valence-electron chi connectivity index (χ2n) is 5.16. The van der Waals surface area contributed by atoms with Crippen molar-refractivity contribution in [3.8, 4) is 0 Å². The second-order valence-corrected chi connectivity index (χ2v) is 5.16. The van der Waals surface area contributed by atoms with Crippen molar-refractivity contribution in [2.45, 2.75) is 58.4 Å². The quantitative estimate of drug-likeness (QED) is 0.790. The standard InChI is InChI=1S/C16H25N/c1-3-16(17-4-2)11-9-13-8-10-14-6-5-7-15(14)12-13/h8,10,12,16-17H,3-7,9,11H2,1-2H3. The summed E-state index contributed by atoms with van der Waals surface area (Å²) in [5, 5.41) is 3.55. The van der Waals surface area contributed by atoms with Crippen LogP contribution in [0.15, 0.2) is 18.2 Å². The van der Waals surface area contributed by atoms with Gasteiger partial charge in [0.2, 0.25) is 0 Å². The first-order chi connectivity index (χ1) is 8.33. The number of aryl methyl sites for hydroxylation is 3. The smallest absolute Gasteiger partial charge is 0.00674 e. The Labute approximate surface area is 106 Å². The van der Waals surface area contributed by atoms with Crippen LogP contribution in [0.4, 0.5) is 0 Å². The number of nitrogens with one attached hydrogen (secondary N) is 1. The van der Waals surface area contributed by atoms with Crippen LogP contribution in [-0.2, 0) is 19.3 Å². The van der Waals surface area contributed by atoms with Crippen molar-refractivity contribution < 1.29 is 0 Å². The molecule has 1 aromatic rings. The zero-order chi connectivity index (χ0) is 12.1. The van der Waals surface area contributed by atoms with Crippen LogP contribution in [0.3, 0.4) is 0 Å². The van der Waals surface area contributed by atoms with Crippen molar-refractivity contribution in [1.29, 1.82) is 0 Å². The largest absolute Gasteiger partial charge is 0.314 e. The average molecular weight is 231 g/mol. The Bertz CT molecular complexity index is 357. The maximum Gasteiger partial charge on any atom is 0.00674 e. The molecule has 0 saturated carbocycles. The molecule has 0 spiro atoms. The van der Waals surface area contributed by atoms with Gasteiger partial charge in [0.05, 0.1) is 0 Å². The molecule has 0 fully saturated rings. The van der Waals surface area contributed by atoms with Gasteiger partial charge in [0.25, 0.3) is 0 Å². The minimum Gasteiger partial charge on any atom is -0.314 e. The van der Waals surface area contributed by atoms with Gasteiger partial charge in [-0.25, -0.2) is 0 Å². The van der Waals surface area contributed by atoms with Crippen LogP contribution in [0, 0.1) is 0 Å². The van der Waals surface area contributed by atoms with E-state index in [0.717, 1.165) is 6.54 Å². The van der Waals surface area contributed by atoms with Crippen LogP contribution >= 0.6 is 0 Å². The number of benzene rings is 1. The number of fused-ring (bicyclic) bond motifs is 1. The summed E-state index contributed by atoms with van der Waals surface area (Å²) >= 11 is 0. The summed E-state index contributed by atoms with van der Waals surface area (Å²) in [4.78, 5) is 0. The predicted octanol–water partition coefficient (Wildman–Crippen LogP) is 3.50. The molecular weight excluding hydrogens is 206 g/mol. The molecule has 2 rings (SSSR count). The first-order valence-electron chi connectivity index (χ1n) is 7.17. The van der Waals surface area contributed by atoms with Gasteiger partial charge in [0.15, 0.2) is 0 Å². The summed E-state index contributed by atoms with van der Waals surface area (Å²) in [6.45, 7) is 5.55. The second kappa shape index (κ2) is 6.20. The molecule has 1 unspecified atom stereocenters. The van der Waals surface area contributed by atoms with Crippen molar-refractivity contribution in [3.05, 3.63) is 34.9 Å². The van der Waals surface area contributed by atoms with Gasteiger partial charge in [-0.05, 0) is 61.8 Å². The fraction of sp³-hybridized carbons (Fsp3) is 0.625. The molecule has 0 bridgehead atoms. The van der Waals surface area contributed by atoms with E-state index in [9.17, 15) is 0 Å². The lowest BCUT2D eigenvalue weighted by atomic mass is 10.00. The van der Waals surface area contributed by atoms with E-state index in [2.05, 4.69) is 37.4 Å². The molecule has 0 heterocycles. The molecule has 1 aliphatic rings. The highest BCUT2D eigenvalue weighted by Gasteiger charge is 2.11. The van der Waals surface area contributed by atoms with Gasteiger partial charge in [-0.2, -0.15) is 0 Å². The Hall–Kier alpha value is -0.820. The van der Waals surface area contributed by atoms with Crippen LogP contribution in [0.5, 0.6) is 0 Å². The van der Waals surface area contributed by atoms with Crippen LogP contribution in [0.2, 0.25) is 0 Å². The molecular formula is C16H25N. The van der Waals surface area contributed by atoms with E-state index >= 15 is 0 Å². The summed E-state index contributed by atoms with van der Waals surface area (Å²) in [5.74, 6) is 0. The highest BCUT2D eigenvalue weighted by atomic mass is 14.9. The first-order valence-corrected chi connectivity index (χ1v) is 7.17. The van der Waals surface area contributed by atoms with Gasteiger partial charge in [-0.15, -0.1) is 0 Å².